The Bertz CT molecular complexity index is 1030. The Balaban J connectivity index is 1.65. The van der Waals surface area contributed by atoms with Gasteiger partial charge in [0.2, 0.25) is 6.79 Å². The zero-order chi connectivity index (χ0) is 25.9. The smallest absolute Gasteiger partial charge is 0.329 e. The zero-order valence-electron chi connectivity index (χ0n) is 20.7. The van der Waals surface area contributed by atoms with Crippen LogP contribution in [0, 0.1) is 0 Å². The number of hydrogen-bond donors (Lipinski definition) is 1. The van der Waals surface area contributed by atoms with Gasteiger partial charge >= 0.3 is 11.9 Å². The summed E-state index contributed by atoms with van der Waals surface area (Å²) in [6.45, 7) is 2.88. The Hall–Kier alpha value is -3.66. The van der Waals surface area contributed by atoms with Gasteiger partial charge in [0.05, 0.1) is 13.2 Å². The van der Waals surface area contributed by atoms with Crippen LogP contribution in [-0.2, 0) is 30.2 Å². The average Bonchev–Trinajstić information content (AvgIpc) is 2.92. The molecule has 0 bridgehead atoms. The standard InChI is InChI=1S/C26H32N2O8/c1-17-15-20(10-9-19-7-5-4-6-8-19)33-14-12-21(26(31)36-17)28-25(30)23-24(35-16-34-18(2)29)22(32-3)11-13-27-23/h4-8,11,13,17,20-21H,9-10,12,14-16H2,1-3H3,(H,28,30)/t17-,20+,21-/m0/s1. The number of nitrogens with one attached hydrogen (secondary N) is 1. The molecule has 3 atom stereocenters. The summed E-state index contributed by atoms with van der Waals surface area (Å²) in [5.74, 6) is -1.55. The maximum absolute atomic E-state index is 13.1. The van der Waals surface area contributed by atoms with Crippen molar-refractivity contribution in [3.05, 3.63) is 53.9 Å². The minimum absolute atomic E-state index is 0.0132. The second-order valence-electron chi connectivity index (χ2n) is 8.40. The van der Waals surface area contributed by atoms with E-state index in [9.17, 15) is 14.4 Å². The molecule has 3 rings (SSSR count). The summed E-state index contributed by atoms with van der Waals surface area (Å²) in [5, 5.41) is 2.67. The van der Waals surface area contributed by atoms with Crippen LogP contribution in [0.4, 0.5) is 0 Å². The Morgan fingerprint density at radius 2 is 1.97 bits per heavy atom. The molecule has 0 unspecified atom stereocenters. The summed E-state index contributed by atoms with van der Waals surface area (Å²) in [7, 11) is 1.40. The Labute approximate surface area is 210 Å². The molecule has 1 amide bonds. The fourth-order valence-electron chi connectivity index (χ4n) is 3.83. The van der Waals surface area contributed by atoms with Gasteiger partial charge in [-0.1, -0.05) is 30.3 Å². The Morgan fingerprint density at radius 3 is 2.69 bits per heavy atom. The number of esters is 2. The molecule has 0 saturated carbocycles. The van der Waals surface area contributed by atoms with Crippen LogP contribution in [0.2, 0.25) is 0 Å². The first-order chi connectivity index (χ1) is 17.4. The third-order valence-electron chi connectivity index (χ3n) is 5.63. The summed E-state index contributed by atoms with van der Waals surface area (Å²) in [6.07, 6.45) is 3.34. The normalized spacial score (nSPS) is 20.2. The lowest BCUT2D eigenvalue weighted by Crippen LogP contribution is -2.43. The highest BCUT2D eigenvalue weighted by atomic mass is 16.7. The van der Waals surface area contributed by atoms with E-state index in [4.69, 9.17) is 23.7 Å². The van der Waals surface area contributed by atoms with Gasteiger partial charge < -0.3 is 29.0 Å². The monoisotopic (exact) mass is 500 g/mol. The second kappa shape index (κ2) is 13.4. The molecule has 1 fully saturated rings. The molecule has 0 aliphatic carbocycles. The van der Waals surface area contributed by atoms with Gasteiger partial charge in [-0.05, 0) is 25.3 Å². The van der Waals surface area contributed by atoms with Crippen LogP contribution in [0.25, 0.3) is 0 Å². The highest BCUT2D eigenvalue weighted by Crippen LogP contribution is 2.29. The number of carbonyl (C=O) groups is 3. The van der Waals surface area contributed by atoms with E-state index >= 15 is 0 Å². The van der Waals surface area contributed by atoms with Crippen molar-refractivity contribution < 1.29 is 38.1 Å². The molecular weight excluding hydrogens is 468 g/mol. The summed E-state index contributed by atoms with van der Waals surface area (Å²) >= 11 is 0. The Kier molecular flexibility index (Phi) is 10.1. The molecule has 0 radical (unpaired) electrons. The van der Waals surface area contributed by atoms with Crippen molar-refractivity contribution in [2.75, 3.05) is 20.5 Å². The quantitative estimate of drug-likeness (QED) is 0.409. The molecule has 2 heterocycles. The number of rotatable bonds is 9. The van der Waals surface area contributed by atoms with Crippen LogP contribution in [-0.4, -0.2) is 61.6 Å². The maximum Gasteiger partial charge on any atom is 0.329 e. The lowest BCUT2D eigenvalue weighted by atomic mass is 10.0. The summed E-state index contributed by atoms with van der Waals surface area (Å²) < 4.78 is 27.1. The number of aryl methyl sites for hydroxylation is 1. The van der Waals surface area contributed by atoms with Gasteiger partial charge in [0.15, 0.2) is 17.2 Å². The first-order valence-corrected chi connectivity index (χ1v) is 11.8. The largest absolute Gasteiger partial charge is 0.493 e. The van der Waals surface area contributed by atoms with Crippen LogP contribution >= 0.6 is 0 Å². The summed E-state index contributed by atoms with van der Waals surface area (Å²) in [5.41, 5.74) is 1.09. The van der Waals surface area contributed by atoms with Crippen molar-refractivity contribution in [2.24, 2.45) is 0 Å². The third-order valence-corrected chi connectivity index (χ3v) is 5.63. The highest BCUT2D eigenvalue weighted by molar-refractivity contribution is 5.98. The number of cyclic esters (lactones) is 1. The van der Waals surface area contributed by atoms with Gasteiger partial charge in [0.25, 0.3) is 5.91 Å². The third kappa shape index (κ3) is 7.94. The molecule has 10 nitrogen and oxygen atoms in total. The van der Waals surface area contributed by atoms with E-state index in [0.29, 0.717) is 6.42 Å². The van der Waals surface area contributed by atoms with E-state index in [-0.39, 0.29) is 42.4 Å². The predicted octanol–water partition coefficient (Wildman–Crippen LogP) is 2.83. The van der Waals surface area contributed by atoms with Crippen molar-refractivity contribution in [2.45, 2.75) is 57.8 Å². The molecule has 0 spiro atoms. The molecule has 1 aliphatic rings. The van der Waals surface area contributed by atoms with Crippen LogP contribution in [0.5, 0.6) is 11.5 Å². The predicted molar refractivity (Wildman–Crippen MR) is 129 cm³/mol. The van der Waals surface area contributed by atoms with E-state index < -0.39 is 30.7 Å². The molecule has 1 N–H and O–H groups in total. The lowest BCUT2D eigenvalue weighted by molar-refractivity contribution is -0.151. The number of aromatic nitrogens is 1. The number of methoxy groups -OCH3 is 1. The van der Waals surface area contributed by atoms with E-state index in [1.165, 1.54) is 31.9 Å². The van der Waals surface area contributed by atoms with Crippen molar-refractivity contribution in [3.63, 3.8) is 0 Å². The topological polar surface area (TPSA) is 122 Å². The molecule has 36 heavy (non-hydrogen) atoms. The first-order valence-electron chi connectivity index (χ1n) is 11.8. The van der Waals surface area contributed by atoms with Crippen molar-refractivity contribution >= 4 is 17.8 Å². The molecule has 2 aromatic rings. The number of benzene rings is 1. The summed E-state index contributed by atoms with van der Waals surface area (Å²) in [4.78, 5) is 41.0. The molecular formula is C26H32N2O8. The van der Waals surface area contributed by atoms with Crippen molar-refractivity contribution in [1.82, 2.24) is 10.3 Å². The van der Waals surface area contributed by atoms with Crippen LogP contribution < -0.4 is 14.8 Å². The number of pyridine rings is 1. The van der Waals surface area contributed by atoms with E-state index in [1.807, 2.05) is 25.1 Å². The SMILES string of the molecule is COc1ccnc(C(=O)N[C@H]2CCO[C@H](CCc3ccccc3)C[C@H](C)OC2=O)c1OCOC(C)=O. The van der Waals surface area contributed by atoms with Gasteiger partial charge in [0, 0.05) is 38.6 Å². The number of amides is 1. The van der Waals surface area contributed by atoms with E-state index in [2.05, 4.69) is 22.4 Å². The number of hydrogen-bond acceptors (Lipinski definition) is 9. The summed E-state index contributed by atoms with van der Waals surface area (Å²) in [6, 6.07) is 10.7. The van der Waals surface area contributed by atoms with Gasteiger partial charge in [-0.15, -0.1) is 0 Å². The number of nitrogens with zero attached hydrogens (tertiary/aromatic N) is 1. The molecule has 1 aromatic heterocycles. The average molecular weight is 501 g/mol. The first kappa shape index (κ1) is 26.9. The minimum Gasteiger partial charge on any atom is -0.493 e. The van der Waals surface area contributed by atoms with Gasteiger partial charge in [0.1, 0.15) is 12.1 Å². The zero-order valence-corrected chi connectivity index (χ0v) is 20.7. The second-order valence-corrected chi connectivity index (χ2v) is 8.40. The van der Waals surface area contributed by atoms with Crippen molar-refractivity contribution in [1.29, 1.82) is 0 Å². The lowest BCUT2D eigenvalue weighted by Gasteiger charge is -2.20. The van der Waals surface area contributed by atoms with Gasteiger partial charge in [-0.2, -0.15) is 0 Å². The molecule has 1 aliphatic heterocycles. The van der Waals surface area contributed by atoms with E-state index in [1.54, 1.807) is 0 Å². The van der Waals surface area contributed by atoms with Crippen LogP contribution in [0.15, 0.2) is 42.6 Å². The number of ether oxygens (including phenoxy) is 5. The van der Waals surface area contributed by atoms with Gasteiger partial charge in [-0.3, -0.25) is 9.59 Å². The molecule has 10 heteroatoms. The molecule has 1 aromatic carbocycles. The van der Waals surface area contributed by atoms with E-state index in [0.717, 1.165) is 12.8 Å². The fourth-order valence-corrected chi connectivity index (χ4v) is 3.83. The Morgan fingerprint density at radius 1 is 1.19 bits per heavy atom. The van der Waals surface area contributed by atoms with Crippen LogP contribution in [0.1, 0.15) is 49.2 Å². The van der Waals surface area contributed by atoms with Gasteiger partial charge in [-0.25, -0.2) is 9.78 Å². The minimum atomic E-state index is -0.942. The molecule has 194 valence electrons. The fraction of sp³-hybridized carbons (Fsp3) is 0.462. The number of carbonyl (C=O) groups excluding carboxylic acids is 3. The van der Waals surface area contributed by atoms with Crippen molar-refractivity contribution in [3.8, 4) is 11.5 Å². The molecule has 1 saturated heterocycles. The van der Waals surface area contributed by atoms with Crippen LogP contribution in [0.3, 0.4) is 0 Å². The highest BCUT2D eigenvalue weighted by Gasteiger charge is 2.30. The maximum atomic E-state index is 13.1.